The van der Waals surface area contributed by atoms with Crippen LogP contribution < -0.4 is 0 Å². The Bertz CT molecular complexity index is 772. The summed E-state index contributed by atoms with van der Waals surface area (Å²) in [6.07, 6.45) is 5.35. The molecule has 2 rings (SSSR count). The molecule has 0 aliphatic rings. The summed E-state index contributed by atoms with van der Waals surface area (Å²) in [6.45, 7) is 17.7. The predicted molar refractivity (Wildman–Crippen MR) is 137 cm³/mol. The van der Waals surface area contributed by atoms with E-state index >= 15 is 0 Å². The largest absolute Gasteiger partial charge is 0.507 e. The van der Waals surface area contributed by atoms with Crippen molar-refractivity contribution < 1.29 is 10.2 Å². The van der Waals surface area contributed by atoms with E-state index in [2.05, 4.69) is 79.7 Å². The number of hydrogen-bond acceptors (Lipinski definition) is 3. The minimum Gasteiger partial charge on any atom is -0.507 e. The highest BCUT2D eigenvalue weighted by Gasteiger charge is 2.30. The van der Waals surface area contributed by atoms with E-state index in [1.54, 1.807) is 0 Å². The number of aryl methyl sites for hydroxylation is 4. The van der Waals surface area contributed by atoms with Crippen molar-refractivity contribution in [1.29, 1.82) is 0 Å². The second-order valence-electron chi connectivity index (χ2n) is 9.91. The van der Waals surface area contributed by atoms with Crippen LogP contribution in [-0.2, 0) is 38.5 Å². The minimum atomic E-state index is 0.0641. The Morgan fingerprint density at radius 3 is 1.06 bits per heavy atom. The second kappa shape index (κ2) is 10.3. The fraction of sp³-hybridized carbons (Fsp3) is 0.571. The van der Waals surface area contributed by atoms with E-state index in [-0.39, 0.29) is 9.49 Å². The molecule has 2 nitrogen and oxygen atoms in total. The smallest absolute Gasteiger partial charge is 0.121 e. The maximum atomic E-state index is 10.4. The number of phenols is 2. The Morgan fingerprint density at radius 2 is 0.839 bits per heavy atom. The van der Waals surface area contributed by atoms with Crippen molar-refractivity contribution in [2.45, 2.75) is 103 Å². The fourth-order valence-corrected chi connectivity index (χ4v) is 6.72. The van der Waals surface area contributed by atoms with Gasteiger partial charge in [-0.1, -0.05) is 79.7 Å². The fourth-order valence-electron chi connectivity index (χ4n) is 4.75. The van der Waals surface area contributed by atoms with Crippen molar-refractivity contribution in [3.8, 4) is 11.5 Å². The van der Waals surface area contributed by atoms with Gasteiger partial charge in [0.2, 0.25) is 0 Å². The highest BCUT2D eigenvalue weighted by molar-refractivity contribution is 8.01. The zero-order valence-electron chi connectivity index (χ0n) is 20.9. The zero-order chi connectivity index (χ0) is 23.4. The van der Waals surface area contributed by atoms with E-state index in [0.29, 0.717) is 11.5 Å². The quantitative estimate of drug-likeness (QED) is 0.402. The first kappa shape index (κ1) is 25.6. The molecule has 0 spiro atoms. The Morgan fingerprint density at radius 1 is 0.581 bits per heavy atom. The van der Waals surface area contributed by atoms with Crippen LogP contribution in [0.2, 0.25) is 0 Å². The molecule has 0 saturated carbocycles. The third-order valence-corrected chi connectivity index (χ3v) is 7.38. The van der Waals surface area contributed by atoms with Gasteiger partial charge in [-0.2, -0.15) is 0 Å². The molecule has 0 aromatic heterocycles. The van der Waals surface area contributed by atoms with Crippen LogP contribution in [0.15, 0.2) is 24.3 Å². The summed E-state index contributed by atoms with van der Waals surface area (Å²) in [4.78, 5) is 0. The molecule has 0 saturated heterocycles. The zero-order valence-corrected chi connectivity index (χ0v) is 21.7. The van der Waals surface area contributed by atoms with Crippen molar-refractivity contribution in [3.63, 3.8) is 0 Å². The van der Waals surface area contributed by atoms with Crippen LogP contribution in [0.5, 0.6) is 11.5 Å². The number of aromatic hydroxyl groups is 2. The predicted octanol–water partition coefficient (Wildman–Crippen LogP) is 7.42. The van der Waals surface area contributed by atoms with E-state index in [1.165, 1.54) is 11.1 Å². The molecule has 0 bridgehead atoms. The average molecular weight is 443 g/mol. The summed E-state index contributed by atoms with van der Waals surface area (Å²) in [6, 6.07) is 8.74. The monoisotopic (exact) mass is 442 g/mol. The lowest BCUT2D eigenvalue weighted by atomic mass is 9.94. The van der Waals surface area contributed by atoms with Gasteiger partial charge in [0.1, 0.15) is 11.5 Å². The van der Waals surface area contributed by atoms with Crippen molar-refractivity contribution in [2.24, 2.45) is 0 Å². The normalized spacial score (nSPS) is 12.4. The number of hydrogen-bond donors (Lipinski definition) is 2. The molecular weight excluding hydrogens is 400 g/mol. The topological polar surface area (TPSA) is 40.5 Å². The van der Waals surface area contributed by atoms with Gasteiger partial charge in [-0.15, -0.1) is 11.8 Å². The number of benzene rings is 2. The second-order valence-corrected chi connectivity index (χ2v) is 12.3. The van der Waals surface area contributed by atoms with Gasteiger partial charge in [-0.25, -0.2) is 0 Å². The first-order valence-electron chi connectivity index (χ1n) is 11.8. The van der Waals surface area contributed by atoms with Crippen LogP contribution in [0.4, 0.5) is 0 Å². The van der Waals surface area contributed by atoms with Gasteiger partial charge in [-0.05, 0) is 71.9 Å². The summed E-state index contributed by atoms with van der Waals surface area (Å²) in [7, 11) is 0. The van der Waals surface area contributed by atoms with Crippen LogP contribution in [0, 0.1) is 0 Å². The Kier molecular flexibility index (Phi) is 8.55. The molecule has 2 N–H and O–H groups in total. The van der Waals surface area contributed by atoms with Gasteiger partial charge in [0, 0.05) is 9.49 Å². The van der Waals surface area contributed by atoms with E-state index in [1.807, 2.05) is 11.8 Å². The molecule has 0 aliphatic carbocycles. The van der Waals surface area contributed by atoms with Gasteiger partial charge in [0.15, 0.2) is 0 Å². The van der Waals surface area contributed by atoms with Crippen molar-refractivity contribution in [2.75, 3.05) is 0 Å². The van der Waals surface area contributed by atoms with Gasteiger partial charge in [0.25, 0.3) is 0 Å². The van der Waals surface area contributed by atoms with Gasteiger partial charge in [-0.3, -0.25) is 0 Å². The lowest BCUT2D eigenvalue weighted by Gasteiger charge is -2.35. The molecule has 0 aliphatic heterocycles. The third kappa shape index (κ3) is 6.68. The summed E-state index contributed by atoms with van der Waals surface area (Å²) >= 11 is 2.03. The third-order valence-electron chi connectivity index (χ3n) is 5.99. The lowest BCUT2D eigenvalue weighted by molar-refractivity contribution is 0.461. The molecule has 0 amide bonds. The first-order chi connectivity index (χ1) is 14.4. The van der Waals surface area contributed by atoms with E-state index in [9.17, 15) is 10.2 Å². The molecular formula is C28H42O2S. The van der Waals surface area contributed by atoms with E-state index in [4.69, 9.17) is 0 Å². The van der Waals surface area contributed by atoms with Crippen molar-refractivity contribution >= 4 is 11.8 Å². The molecule has 0 unspecified atom stereocenters. The van der Waals surface area contributed by atoms with Gasteiger partial charge in [0.05, 0.1) is 0 Å². The Hall–Kier alpha value is -1.61. The maximum absolute atomic E-state index is 10.4. The summed E-state index contributed by atoms with van der Waals surface area (Å²) in [5.74, 6) is 0.954. The first-order valence-corrected chi connectivity index (χ1v) is 12.6. The number of rotatable bonds is 10. The molecule has 0 atom stereocenters. The minimum absolute atomic E-state index is 0.0641. The van der Waals surface area contributed by atoms with E-state index in [0.717, 1.165) is 60.8 Å². The molecule has 2 aromatic rings. The average Bonchev–Trinajstić information content (AvgIpc) is 2.68. The maximum Gasteiger partial charge on any atom is 0.121 e. The Balaban J connectivity index is 2.22. The van der Waals surface area contributed by atoms with Gasteiger partial charge < -0.3 is 10.2 Å². The molecule has 31 heavy (non-hydrogen) atoms. The summed E-state index contributed by atoms with van der Waals surface area (Å²) in [5, 5.41) is 20.9. The standard InChI is InChI=1S/C28H42O2S/c1-9-21-13-19(14-22(10-2)25(21)29)17-27(5,6)31-28(7,8)18-20-15-23(11-3)26(30)24(12-4)16-20/h13-16,29-30H,9-12,17-18H2,1-8H3. The highest BCUT2D eigenvalue weighted by Crippen LogP contribution is 2.42. The molecule has 2 aromatic carbocycles. The van der Waals surface area contributed by atoms with Crippen LogP contribution in [-0.4, -0.2) is 19.7 Å². The lowest BCUT2D eigenvalue weighted by Crippen LogP contribution is -2.30. The summed E-state index contributed by atoms with van der Waals surface area (Å²) < 4.78 is 0.128. The van der Waals surface area contributed by atoms with Gasteiger partial charge >= 0.3 is 0 Å². The Labute approximate surface area is 194 Å². The molecule has 3 heteroatoms. The highest BCUT2D eigenvalue weighted by atomic mass is 32.2. The SMILES string of the molecule is CCc1cc(CC(C)(C)SC(C)(C)Cc2cc(CC)c(O)c(CC)c2)cc(CC)c1O. The number of thioether (sulfide) groups is 1. The van der Waals surface area contributed by atoms with E-state index < -0.39 is 0 Å². The molecule has 0 fully saturated rings. The van der Waals surface area contributed by atoms with Crippen LogP contribution in [0.1, 0.15) is 88.8 Å². The van der Waals surface area contributed by atoms with Crippen molar-refractivity contribution in [3.05, 3.63) is 57.6 Å². The van der Waals surface area contributed by atoms with Crippen LogP contribution in [0.25, 0.3) is 0 Å². The van der Waals surface area contributed by atoms with Crippen LogP contribution in [0.3, 0.4) is 0 Å². The molecule has 0 heterocycles. The van der Waals surface area contributed by atoms with Crippen LogP contribution >= 0.6 is 11.8 Å². The summed E-state index contributed by atoms with van der Waals surface area (Å²) in [5.41, 5.74) is 6.84. The number of phenolic OH excluding ortho intramolecular Hbond substituents is 2. The molecule has 172 valence electrons. The van der Waals surface area contributed by atoms with Crippen molar-refractivity contribution in [1.82, 2.24) is 0 Å². The molecule has 0 radical (unpaired) electrons.